The van der Waals surface area contributed by atoms with Crippen LogP contribution in [-0.2, 0) is 10.0 Å². The highest BCUT2D eigenvalue weighted by molar-refractivity contribution is 7.98. The molecule has 2 aromatic carbocycles. The first-order chi connectivity index (χ1) is 13.0. The van der Waals surface area contributed by atoms with Crippen LogP contribution >= 0.6 is 11.8 Å². The molecule has 0 aliphatic carbocycles. The van der Waals surface area contributed by atoms with Gasteiger partial charge in [0.15, 0.2) is 0 Å². The van der Waals surface area contributed by atoms with Crippen LogP contribution in [0.5, 0.6) is 0 Å². The van der Waals surface area contributed by atoms with Crippen molar-refractivity contribution in [1.82, 2.24) is 14.4 Å². The maximum Gasteiger partial charge on any atom is 0.247 e. The van der Waals surface area contributed by atoms with E-state index in [1.54, 1.807) is 18.0 Å². The fourth-order valence-electron chi connectivity index (χ4n) is 3.10. The van der Waals surface area contributed by atoms with E-state index in [2.05, 4.69) is 15.1 Å². The molecule has 0 unspecified atom stereocenters. The Morgan fingerprint density at radius 1 is 1.07 bits per heavy atom. The van der Waals surface area contributed by atoms with Crippen molar-refractivity contribution < 1.29 is 8.42 Å². The molecule has 3 aromatic rings. The molecule has 0 spiro atoms. The van der Waals surface area contributed by atoms with E-state index < -0.39 is 16.1 Å². The summed E-state index contributed by atoms with van der Waals surface area (Å²) in [5.74, 6) is 0. The predicted molar refractivity (Wildman–Crippen MR) is 108 cm³/mol. The number of thioether (sulfide) groups is 1. The third-order valence-electron chi connectivity index (χ3n) is 4.44. The van der Waals surface area contributed by atoms with Gasteiger partial charge in [0.2, 0.25) is 10.0 Å². The second-order valence-electron chi connectivity index (χ2n) is 6.31. The summed E-state index contributed by atoms with van der Waals surface area (Å²) in [5, 5.41) is 4.41. The molecule has 0 amide bonds. The third-order valence-corrected chi connectivity index (χ3v) is 6.20. The maximum atomic E-state index is 12.3. The zero-order valence-electron chi connectivity index (χ0n) is 14.9. The Labute approximate surface area is 162 Å². The lowest BCUT2D eigenvalue weighted by atomic mass is 10.0. The van der Waals surface area contributed by atoms with Gasteiger partial charge in [-0.3, -0.25) is 4.98 Å². The number of hydrogen-bond donors (Lipinski definition) is 0. The van der Waals surface area contributed by atoms with Crippen LogP contribution in [0.3, 0.4) is 0 Å². The van der Waals surface area contributed by atoms with Crippen LogP contribution < -0.4 is 0 Å². The highest BCUT2D eigenvalue weighted by Crippen LogP contribution is 2.34. The fourth-order valence-corrected chi connectivity index (χ4v) is 4.40. The van der Waals surface area contributed by atoms with Crippen LogP contribution in [0.1, 0.15) is 23.7 Å². The van der Waals surface area contributed by atoms with Crippen LogP contribution in [0, 0.1) is 0 Å². The molecule has 4 rings (SSSR count). The van der Waals surface area contributed by atoms with Crippen molar-refractivity contribution in [3.05, 3.63) is 66.0 Å². The standard InChI is InChI=1S/C19H18N4O2S2/c1-26-14-9-7-13(8-10-14)17-11-19(23(22-17)27(2,24)25)18-12-20-15-5-3-4-6-16(15)21-18/h3-10,12,19H,11H2,1-2H3/t19-/m1/s1. The van der Waals surface area contributed by atoms with Crippen molar-refractivity contribution >= 4 is 38.5 Å². The van der Waals surface area contributed by atoms with E-state index in [0.717, 1.165) is 37.9 Å². The molecular weight excluding hydrogens is 380 g/mol. The number of fused-ring (bicyclic) bond motifs is 1. The summed E-state index contributed by atoms with van der Waals surface area (Å²) in [7, 11) is -3.53. The van der Waals surface area contributed by atoms with Gasteiger partial charge in [-0.25, -0.2) is 13.4 Å². The van der Waals surface area contributed by atoms with Gasteiger partial charge >= 0.3 is 0 Å². The Morgan fingerprint density at radius 3 is 2.44 bits per heavy atom. The summed E-state index contributed by atoms with van der Waals surface area (Å²) < 4.78 is 25.8. The molecule has 2 heterocycles. The number of hydrazone groups is 1. The second kappa shape index (κ2) is 6.94. The van der Waals surface area contributed by atoms with Crippen LogP contribution in [0.4, 0.5) is 0 Å². The Morgan fingerprint density at radius 2 is 1.78 bits per heavy atom. The molecular formula is C19H18N4O2S2. The summed E-state index contributed by atoms with van der Waals surface area (Å²) >= 11 is 1.66. The maximum absolute atomic E-state index is 12.3. The van der Waals surface area contributed by atoms with Crippen molar-refractivity contribution in [2.24, 2.45) is 5.10 Å². The van der Waals surface area contributed by atoms with Crippen molar-refractivity contribution in [3.8, 4) is 0 Å². The molecule has 0 bridgehead atoms. The molecule has 1 aliphatic heterocycles. The number of rotatable bonds is 4. The van der Waals surface area contributed by atoms with E-state index in [1.165, 1.54) is 0 Å². The van der Waals surface area contributed by atoms with E-state index in [0.29, 0.717) is 12.1 Å². The van der Waals surface area contributed by atoms with E-state index in [1.807, 2.05) is 54.8 Å². The van der Waals surface area contributed by atoms with E-state index in [4.69, 9.17) is 0 Å². The SMILES string of the molecule is CSc1ccc(C2=NN(S(C)(=O)=O)[C@@H](c3cnc4ccccc4n3)C2)cc1. The quantitative estimate of drug-likeness (QED) is 0.629. The number of benzene rings is 2. The molecule has 1 aliphatic rings. The molecule has 0 saturated heterocycles. The van der Waals surface area contributed by atoms with E-state index >= 15 is 0 Å². The Hall–Kier alpha value is -2.45. The molecule has 8 heteroatoms. The van der Waals surface area contributed by atoms with E-state index in [-0.39, 0.29) is 0 Å². The monoisotopic (exact) mass is 398 g/mol. The minimum absolute atomic E-state index is 0.457. The molecule has 138 valence electrons. The number of aromatic nitrogens is 2. The van der Waals surface area contributed by atoms with Gasteiger partial charge in [0.25, 0.3) is 0 Å². The Balaban J connectivity index is 1.73. The van der Waals surface area contributed by atoms with Gasteiger partial charge in [-0.2, -0.15) is 9.52 Å². The summed E-state index contributed by atoms with van der Waals surface area (Å²) in [6.45, 7) is 0. The fraction of sp³-hybridized carbons (Fsp3) is 0.211. The first kappa shape index (κ1) is 17.9. The Kier molecular flexibility index (Phi) is 4.61. The lowest BCUT2D eigenvalue weighted by molar-refractivity contribution is 0.368. The zero-order chi connectivity index (χ0) is 19.0. The molecule has 1 atom stereocenters. The summed E-state index contributed by atoms with van der Waals surface area (Å²) in [4.78, 5) is 10.2. The van der Waals surface area contributed by atoms with Crippen LogP contribution in [0.2, 0.25) is 0 Å². The van der Waals surface area contributed by atoms with Crippen molar-refractivity contribution in [3.63, 3.8) is 0 Å². The van der Waals surface area contributed by atoms with Gasteiger partial charge in [0, 0.05) is 11.3 Å². The first-order valence-corrected chi connectivity index (χ1v) is 11.5. The van der Waals surface area contributed by atoms with Crippen molar-refractivity contribution in [2.75, 3.05) is 12.5 Å². The molecule has 0 radical (unpaired) electrons. The lowest BCUT2D eigenvalue weighted by Gasteiger charge is -2.20. The lowest BCUT2D eigenvalue weighted by Crippen LogP contribution is -2.26. The first-order valence-electron chi connectivity index (χ1n) is 8.39. The predicted octanol–water partition coefficient (Wildman–Crippen LogP) is 3.46. The van der Waals surface area contributed by atoms with Gasteiger partial charge in [-0.15, -0.1) is 11.8 Å². The highest BCUT2D eigenvalue weighted by atomic mass is 32.2. The van der Waals surface area contributed by atoms with Crippen LogP contribution in [0.15, 0.2) is 64.7 Å². The van der Waals surface area contributed by atoms with Crippen molar-refractivity contribution in [2.45, 2.75) is 17.4 Å². The molecule has 1 aromatic heterocycles. The molecule has 6 nitrogen and oxygen atoms in total. The average molecular weight is 399 g/mol. The third kappa shape index (κ3) is 3.54. The smallest absolute Gasteiger partial charge is 0.247 e. The number of sulfonamides is 1. The average Bonchev–Trinajstić information content (AvgIpc) is 3.14. The topological polar surface area (TPSA) is 75.5 Å². The highest BCUT2D eigenvalue weighted by Gasteiger charge is 2.35. The van der Waals surface area contributed by atoms with Crippen LogP contribution in [-0.4, -0.2) is 41.0 Å². The van der Waals surface area contributed by atoms with Crippen molar-refractivity contribution in [1.29, 1.82) is 0 Å². The summed E-state index contributed by atoms with van der Waals surface area (Å²) in [6.07, 6.45) is 5.28. The minimum Gasteiger partial charge on any atom is -0.253 e. The minimum atomic E-state index is -3.53. The molecule has 0 saturated carbocycles. The summed E-state index contributed by atoms with van der Waals surface area (Å²) in [5.41, 5.74) is 3.75. The molecule has 0 fully saturated rings. The Bertz CT molecular complexity index is 1130. The van der Waals surface area contributed by atoms with Gasteiger partial charge in [0.05, 0.1) is 34.9 Å². The van der Waals surface area contributed by atoms with Gasteiger partial charge in [0.1, 0.15) is 6.04 Å². The zero-order valence-corrected chi connectivity index (χ0v) is 16.5. The largest absolute Gasteiger partial charge is 0.253 e. The number of para-hydroxylation sites is 2. The normalized spacial score (nSPS) is 17.3. The van der Waals surface area contributed by atoms with Gasteiger partial charge < -0.3 is 0 Å². The second-order valence-corrected chi connectivity index (χ2v) is 9.03. The summed E-state index contributed by atoms with van der Waals surface area (Å²) in [6, 6.07) is 15.0. The molecule has 27 heavy (non-hydrogen) atoms. The molecule has 0 N–H and O–H groups in total. The van der Waals surface area contributed by atoms with Gasteiger partial charge in [-0.05, 0) is 36.1 Å². The number of nitrogens with zero attached hydrogens (tertiary/aromatic N) is 4. The van der Waals surface area contributed by atoms with Gasteiger partial charge in [-0.1, -0.05) is 24.3 Å². The van der Waals surface area contributed by atoms with Crippen LogP contribution in [0.25, 0.3) is 11.0 Å². The van der Waals surface area contributed by atoms with E-state index in [9.17, 15) is 8.42 Å². The number of hydrogen-bond acceptors (Lipinski definition) is 6.